The zero-order chi connectivity index (χ0) is 20.2. The third kappa shape index (κ3) is 4.96. The van der Waals surface area contributed by atoms with Crippen LogP contribution in [0.5, 0.6) is 17.2 Å². The lowest BCUT2D eigenvalue weighted by atomic mass is 9.99. The molecule has 0 fully saturated rings. The van der Waals surface area contributed by atoms with Crippen LogP contribution in [0.1, 0.15) is 17.2 Å². The molecule has 0 saturated carbocycles. The van der Waals surface area contributed by atoms with E-state index in [0.717, 1.165) is 6.07 Å². The van der Waals surface area contributed by atoms with Crippen LogP contribution in [0.4, 0.5) is 22.0 Å². The van der Waals surface area contributed by atoms with Crippen LogP contribution < -0.4 is 19.9 Å². The summed E-state index contributed by atoms with van der Waals surface area (Å²) in [5.74, 6) is -5.37. The minimum absolute atomic E-state index is 0. The van der Waals surface area contributed by atoms with Gasteiger partial charge in [-0.3, -0.25) is 0 Å². The van der Waals surface area contributed by atoms with Crippen molar-refractivity contribution in [2.45, 2.75) is 24.7 Å². The molecule has 0 aromatic heterocycles. The average molecular weight is 428 g/mol. The summed E-state index contributed by atoms with van der Waals surface area (Å²) in [6.07, 6.45) is -5.82. The average Bonchev–Trinajstić information content (AvgIpc) is 2.64. The second-order valence-corrected chi connectivity index (χ2v) is 5.62. The fourth-order valence-electron chi connectivity index (χ4n) is 2.35. The molecular formula is C18H19ClF5NO3. The monoisotopic (exact) mass is 427 g/mol. The Balaban J connectivity index is 0.00000392. The van der Waals surface area contributed by atoms with Gasteiger partial charge in [-0.05, 0) is 11.6 Å². The summed E-state index contributed by atoms with van der Waals surface area (Å²) in [5.41, 5.74) is 5.44. The second-order valence-electron chi connectivity index (χ2n) is 5.62. The molecule has 0 saturated heterocycles. The van der Waals surface area contributed by atoms with Crippen LogP contribution >= 0.6 is 12.4 Å². The molecule has 0 radical (unpaired) electrons. The quantitative estimate of drug-likeness (QED) is 0.638. The SMILES string of the molecule is COc1cc(OCc2ccccc2)c([C@H](N)C(F)(F)C(F)(F)F)cc1OC.Cl. The van der Waals surface area contributed by atoms with Gasteiger partial charge in [0.1, 0.15) is 18.4 Å². The van der Waals surface area contributed by atoms with E-state index in [1.807, 2.05) is 0 Å². The maximum Gasteiger partial charge on any atom is 0.455 e. The Labute approximate surface area is 164 Å². The van der Waals surface area contributed by atoms with Gasteiger partial charge in [-0.25, -0.2) is 0 Å². The number of alkyl halides is 5. The van der Waals surface area contributed by atoms with Crippen LogP contribution in [0.15, 0.2) is 42.5 Å². The fraction of sp³-hybridized carbons (Fsp3) is 0.333. The van der Waals surface area contributed by atoms with E-state index in [0.29, 0.717) is 5.56 Å². The van der Waals surface area contributed by atoms with Gasteiger partial charge in [0.25, 0.3) is 0 Å². The molecule has 2 rings (SSSR count). The van der Waals surface area contributed by atoms with Gasteiger partial charge in [-0.15, -0.1) is 12.4 Å². The van der Waals surface area contributed by atoms with Gasteiger partial charge in [-0.1, -0.05) is 30.3 Å². The number of hydrogen-bond acceptors (Lipinski definition) is 4. The van der Waals surface area contributed by atoms with Gasteiger partial charge >= 0.3 is 12.1 Å². The number of halogens is 6. The molecule has 2 aromatic carbocycles. The van der Waals surface area contributed by atoms with Crippen molar-refractivity contribution in [3.8, 4) is 17.2 Å². The second kappa shape index (κ2) is 9.29. The molecule has 2 N–H and O–H groups in total. The third-order valence-electron chi connectivity index (χ3n) is 3.86. The molecule has 10 heteroatoms. The first-order valence-electron chi connectivity index (χ1n) is 7.74. The molecule has 0 aliphatic heterocycles. The predicted molar refractivity (Wildman–Crippen MR) is 95.5 cm³/mol. The highest BCUT2D eigenvalue weighted by Gasteiger charge is 2.62. The van der Waals surface area contributed by atoms with E-state index >= 15 is 0 Å². The summed E-state index contributed by atoms with van der Waals surface area (Å²) in [4.78, 5) is 0. The number of ether oxygens (including phenoxy) is 3. The summed E-state index contributed by atoms with van der Waals surface area (Å²) < 4.78 is 81.4. The van der Waals surface area contributed by atoms with E-state index in [9.17, 15) is 22.0 Å². The fourth-order valence-corrected chi connectivity index (χ4v) is 2.35. The van der Waals surface area contributed by atoms with Crippen molar-refractivity contribution in [3.63, 3.8) is 0 Å². The smallest absolute Gasteiger partial charge is 0.455 e. The van der Waals surface area contributed by atoms with Crippen molar-refractivity contribution in [2.75, 3.05) is 14.2 Å². The number of hydrogen-bond donors (Lipinski definition) is 1. The third-order valence-corrected chi connectivity index (χ3v) is 3.86. The number of methoxy groups -OCH3 is 2. The van der Waals surface area contributed by atoms with Crippen molar-refractivity contribution in [2.24, 2.45) is 5.73 Å². The van der Waals surface area contributed by atoms with Crippen LogP contribution in [0, 0.1) is 0 Å². The Morgan fingerprint density at radius 2 is 1.43 bits per heavy atom. The highest BCUT2D eigenvalue weighted by molar-refractivity contribution is 5.85. The molecule has 156 valence electrons. The van der Waals surface area contributed by atoms with Crippen molar-refractivity contribution in [1.29, 1.82) is 0 Å². The first-order chi connectivity index (χ1) is 12.6. The zero-order valence-electron chi connectivity index (χ0n) is 14.9. The minimum atomic E-state index is -5.82. The first-order valence-corrected chi connectivity index (χ1v) is 7.74. The highest BCUT2D eigenvalue weighted by atomic mass is 35.5. The maximum atomic E-state index is 13.8. The van der Waals surface area contributed by atoms with Gasteiger partial charge in [0.15, 0.2) is 11.5 Å². The van der Waals surface area contributed by atoms with Crippen LogP contribution in [-0.4, -0.2) is 26.3 Å². The normalized spacial score (nSPS) is 12.7. The summed E-state index contributed by atoms with van der Waals surface area (Å²) in [6.45, 7) is -0.0619. The van der Waals surface area contributed by atoms with E-state index in [1.165, 1.54) is 20.3 Å². The molecule has 0 unspecified atom stereocenters. The molecule has 0 spiro atoms. The van der Waals surface area contributed by atoms with E-state index in [4.69, 9.17) is 19.9 Å². The van der Waals surface area contributed by atoms with Crippen molar-refractivity contribution >= 4 is 12.4 Å². The van der Waals surface area contributed by atoms with Gasteiger partial charge in [0.2, 0.25) is 0 Å². The Morgan fingerprint density at radius 1 is 0.893 bits per heavy atom. The molecule has 0 bridgehead atoms. The van der Waals surface area contributed by atoms with E-state index < -0.39 is 23.7 Å². The summed E-state index contributed by atoms with van der Waals surface area (Å²) in [5, 5.41) is 0. The van der Waals surface area contributed by atoms with E-state index in [2.05, 4.69) is 0 Å². The summed E-state index contributed by atoms with van der Waals surface area (Å²) in [7, 11) is 2.52. The molecule has 0 heterocycles. The van der Waals surface area contributed by atoms with Crippen molar-refractivity contribution < 1.29 is 36.2 Å². The number of rotatable bonds is 7. The number of benzene rings is 2. The van der Waals surface area contributed by atoms with Crippen LogP contribution in [0.3, 0.4) is 0 Å². The Bertz CT molecular complexity index is 772. The zero-order valence-corrected chi connectivity index (χ0v) is 15.7. The van der Waals surface area contributed by atoms with Gasteiger partial charge in [0, 0.05) is 11.6 Å². The minimum Gasteiger partial charge on any atom is -0.493 e. The van der Waals surface area contributed by atoms with Gasteiger partial charge in [0.05, 0.1) is 14.2 Å². The molecule has 28 heavy (non-hydrogen) atoms. The number of nitrogens with two attached hydrogens (primary N) is 1. The van der Waals surface area contributed by atoms with E-state index in [-0.39, 0.29) is 36.3 Å². The van der Waals surface area contributed by atoms with Crippen LogP contribution in [-0.2, 0) is 6.61 Å². The van der Waals surface area contributed by atoms with Gasteiger partial charge in [-0.2, -0.15) is 22.0 Å². The first kappa shape index (κ1) is 23.8. The molecular weight excluding hydrogens is 409 g/mol. The molecule has 0 aliphatic carbocycles. The Morgan fingerprint density at radius 3 is 1.93 bits per heavy atom. The highest BCUT2D eigenvalue weighted by Crippen LogP contribution is 2.47. The Hall–Kier alpha value is -2.26. The summed E-state index contributed by atoms with van der Waals surface area (Å²) in [6, 6.07) is 8.10. The lowest BCUT2D eigenvalue weighted by Gasteiger charge is -2.28. The van der Waals surface area contributed by atoms with Crippen molar-refractivity contribution in [3.05, 3.63) is 53.6 Å². The topological polar surface area (TPSA) is 53.7 Å². The maximum absolute atomic E-state index is 13.8. The molecule has 2 aromatic rings. The lowest BCUT2D eigenvalue weighted by Crippen LogP contribution is -2.46. The van der Waals surface area contributed by atoms with Crippen LogP contribution in [0.25, 0.3) is 0 Å². The molecule has 0 aliphatic rings. The molecule has 0 amide bonds. The lowest BCUT2D eigenvalue weighted by molar-refractivity contribution is -0.291. The van der Waals surface area contributed by atoms with Gasteiger partial charge < -0.3 is 19.9 Å². The Kier molecular flexibility index (Phi) is 7.89. The van der Waals surface area contributed by atoms with Crippen LogP contribution in [0.2, 0.25) is 0 Å². The van der Waals surface area contributed by atoms with Crippen molar-refractivity contribution in [1.82, 2.24) is 0 Å². The standard InChI is InChI=1S/C18H18F5NO3.ClH/c1-25-14-8-12(16(24)17(19,20)18(21,22)23)13(9-15(14)26-2)27-10-11-6-4-3-5-7-11;/h3-9,16H,10,24H2,1-2H3;1H/t16-;/m0./s1. The predicted octanol–water partition coefficient (Wildman–Crippen LogP) is 4.90. The van der Waals surface area contributed by atoms with E-state index in [1.54, 1.807) is 30.3 Å². The summed E-state index contributed by atoms with van der Waals surface area (Å²) >= 11 is 0. The largest absolute Gasteiger partial charge is 0.493 e. The molecule has 1 atom stereocenters. The molecule has 4 nitrogen and oxygen atoms in total.